The SMILES string of the molecule is Cn1c(Br)cc(C(F)(C(F)(F)F)C(F)(F)F)c1-c1cc(-c2ccc(Cl)c(C(=O)NC3(C#N)CC3)c2)on1. The Morgan fingerprint density at radius 3 is 2.32 bits per heavy atom. The predicted molar refractivity (Wildman–Crippen MR) is 119 cm³/mol. The van der Waals surface area contributed by atoms with E-state index in [2.05, 4.69) is 26.4 Å². The summed E-state index contributed by atoms with van der Waals surface area (Å²) < 4.78 is 101. The second-order valence-corrected chi connectivity index (χ2v) is 9.58. The molecule has 0 bridgehead atoms. The molecule has 4 rings (SSSR count). The summed E-state index contributed by atoms with van der Waals surface area (Å²) in [6.45, 7) is 0. The average Bonchev–Trinajstić information content (AvgIpc) is 3.29. The van der Waals surface area contributed by atoms with Crippen LogP contribution >= 0.6 is 27.5 Å². The smallest absolute Gasteiger partial charge is 0.356 e. The molecular weight excluding hydrogens is 601 g/mol. The molecule has 37 heavy (non-hydrogen) atoms. The number of hydrogen-bond donors (Lipinski definition) is 1. The van der Waals surface area contributed by atoms with Crippen molar-refractivity contribution in [3.63, 3.8) is 0 Å². The first-order valence-electron chi connectivity index (χ1n) is 10.2. The molecular formula is C22H13BrClF7N4O2. The summed E-state index contributed by atoms with van der Waals surface area (Å²) in [5, 5.41) is 15.3. The topological polar surface area (TPSA) is 83.9 Å². The first-order chi connectivity index (χ1) is 17.0. The molecule has 196 valence electrons. The van der Waals surface area contributed by atoms with Crippen LogP contribution in [0.25, 0.3) is 22.7 Å². The zero-order valence-electron chi connectivity index (χ0n) is 18.4. The van der Waals surface area contributed by atoms with Gasteiger partial charge in [-0.2, -0.15) is 31.6 Å². The molecule has 2 aromatic heterocycles. The van der Waals surface area contributed by atoms with E-state index in [0.29, 0.717) is 18.9 Å². The molecule has 0 aliphatic heterocycles. The molecule has 0 saturated heterocycles. The standard InChI is InChI=1S/C22H13BrClF7N4O2/c1-35-16(23)7-12(20(25,21(26,27)28)22(29,30)31)17(35)14-8-15(37-34-14)10-2-3-13(24)11(6-10)18(36)33-19(9-32)4-5-19/h2-3,6-8H,4-5H2,1H3,(H,33,36). The Morgan fingerprint density at radius 1 is 1.16 bits per heavy atom. The Balaban J connectivity index is 1.78. The minimum absolute atomic E-state index is 0.0148. The van der Waals surface area contributed by atoms with E-state index in [9.17, 15) is 40.8 Å². The number of carbonyl (C=O) groups is 1. The van der Waals surface area contributed by atoms with Crippen molar-refractivity contribution < 1.29 is 40.1 Å². The summed E-state index contributed by atoms with van der Waals surface area (Å²) in [6, 6.07) is 7.29. The van der Waals surface area contributed by atoms with E-state index in [-0.39, 0.29) is 26.5 Å². The lowest BCUT2D eigenvalue weighted by molar-refractivity contribution is -0.348. The molecule has 1 aromatic carbocycles. The van der Waals surface area contributed by atoms with Crippen LogP contribution in [0.15, 0.2) is 39.5 Å². The quantitative estimate of drug-likeness (QED) is 0.320. The summed E-state index contributed by atoms with van der Waals surface area (Å²) in [4.78, 5) is 12.6. The van der Waals surface area contributed by atoms with Crippen LogP contribution < -0.4 is 5.32 Å². The fourth-order valence-corrected chi connectivity index (χ4v) is 4.27. The summed E-state index contributed by atoms with van der Waals surface area (Å²) in [7, 11) is 1.11. The number of carbonyl (C=O) groups excluding carboxylic acids is 1. The van der Waals surface area contributed by atoms with Crippen LogP contribution in [0.3, 0.4) is 0 Å². The molecule has 3 aromatic rings. The molecule has 2 heterocycles. The van der Waals surface area contributed by atoms with Gasteiger partial charge in [-0.3, -0.25) is 4.79 Å². The van der Waals surface area contributed by atoms with Gasteiger partial charge in [0.05, 0.1) is 27.0 Å². The van der Waals surface area contributed by atoms with Crippen LogP contribution in [-0.2, 0) is 12.7 Å². The van der Waals surface area contributed by atoms with Gasteiger partial charge in [-0.05, 0) is 53.0 Å². The van der Waals surface area contributed by atoms with Crippen LogP contribution in [0, 0.1) is 11.3 Å². The number of hydrogen-bond acceptors (Lipinski definition) is 4. The van der Waals surface area contributed by atoms with Gasteiger partial charge in [0.15, 0.2) is 5.76 Å². The first-order valence-corrected chi connectivity index (χ1v) is 11.4. The number of halogens is 9. The van der Waals surface area contributed by atoms with E-state index >= 15 is 0 Å². The van der Waals surface area contributed by atoms with Gasteiger partial charge in [0.25, 0.3) is 5.91 Å². The highest BCUT2D eigenvalue weighted by molar-refractivity contribution is 9.10. The van der Waals surface area contributed by atoms with Crippen LogP contribution in [-0.4, -0.2) is 33.5 Å². The molecule has 0 unspecified atom stereocenters. The molecule has 6 nitrogen and oxygen atoms in total. The normalized spacial score (nSPS) is 15.4. The Kier molecular flexibility index (Phi) is 6.39. The molecule has 1 fully saturated rings. The van der Waals surface area contributed by atoms with Gasteiger partial charge in [0, 0.05) is 24.2 Å². The van der Waals surface area contributed by atoms with Gasteiger partial charge in [-0.15, -0.1) is 0 Å². The van der Waals surface area contributed by atoms with E-state index in [1.165, 1.54) is 18.2 Å². The van der Waals surface area contributed by atoms with Crippen molar-refractivity contribution in [1.29, 1.82) is 5.26 Å². The molecule has 1 aliphatic carbocycles. The van der Waals surface area contributed by atoms with E-state index in [4.69, 9.17) is 16.1 Å². The second-order valence-electron chi connectivity index (χ2n) is 8.36. The van der Waals surface area contributed by atoms with Gasteiger partial charge >= 0.3 is 18.0 Å². The van der Waals surface area contributed by atoms with Crippen LogP contribution in [0.5, 0.6) is 0 Å². The van der Waals surface area contributed by atoms with Crippen molar-refractivity contribution in [1.82, 2.24) is 15.0 Å². The van der Waals surface area contributed by atoms with Crippen molar-refractivity contribution in [2.24, 2.45) is 7.05 Å². The van der Waals surface area contributed by atoms with E-state index in [0.717, 1.165) is 17.7 Å². The van der Waals surface area contributed by atoms with Crippen molar-refractivity contribution in [2.75, 3.05) is 0 Å². The molecule has 0 atom stereocenters. The number of nitrogens with one attached hydrogen (secondary N) is 1. The summed E-state index contributed by atoms with van der Waals surface area (Å²) in [5.74, 6) is -0.828. The maximum Gasteiger partial charge on any atom is 0.436 e. The van der Waals surface area contributed by atoms with Crippen LogP contribution in [0.1, 0.15) is 28.8 Å². The molecule has 0 spiro atoms. The Morgan fingerprint density at radius 2 is 1.78 bits per heavy atom. The highest BCUT2D eigenvalue weighted by Gasteiger charge is 2.74. The van der Waals surface area contributed by atoms with E-state index in [1.54, 1.807) is 0 Å². The van der Waals surface area contributed by atoms with Gasteiger partial charge in [-0.25, -0.2) is 4.39 Å². The minimum atomic E-state index is -6.34. The van der Waals surface area contributed by atoms with Crippen molar-refractivity contribution in [3.8, 4) is 28.8 Å². The Bertz CT molecular complexity index is 1420. The van der Waals surface area contributed by atoms with Gasteiger partial charge in [-0.1, -0.05) is 16.8 Å². The average molecular weight is 614 g/mol. The molecule has 1 amide bonds. The van der Waals surface area contributed by atoms with Crippen molar-refractivity contribution in [2.45, 2.75) is 36.4 Å². The van der Waals surface area contributed by atoms with Crippen molar-refractivity contribution >= 4 is 33.4 Å². The molecule has 1 aliphatic rings. The zero-order valence-corrected chi connectivity index (χ0v) is 20.7. The summed E-state index contributed by atoms with van der Waals surface area (Å²) in [6.07, 6.45) is -11.8. The number of nitrogens with zero attached hydrogens (tertiary/aromatic N) is 3. The fourth-order valence-electron chi connectivity index (χ4n) is 3.66. The molecule has 1 saturated carbocycles. The highest BCUT2D eigenvalue weighted by Crippen LogP contribution is 2.56. The third-order valence-corrected chi connectivity index (χ3v) is 6.98. The summed E-state index contributed by atoms with van der Waals surface area (Å²) in [5.41, 5.74) is -9.72. The Labute approximate surface area is 217 Å². The largest absolute Gasteiger partial charge is 0.436 e. The number of nitriles is 1. The monoisotopic (exact) mass is 612 g/mol. The van der Waals surface area contributed by atoms with Gasteiger partial charge in [0.2, 0.25) is 0 Å². The highest BCUT2D eigenvalue weighted by atomic mass is 79.9. The lowest BCUT2D eigenvalue weighted by atomic mass is 9.93. The number of amides is 1. The minimum Gasteiger partial charge on any atom is -0.356 e. The second kappa shape index (κ2) is 8.76. The summed E-state index contributed by atoms with van der Waals surface area (Å²) >= 11 is 8.93. The number of benzene rings is 1. The lowest BCUT2D eigenvalue weighted by Crippen LogP contribution is -2.50. The van der Waals surface area contributed by atoms with Gasteiger partial charge in [0.1, 0.15) is 11.2 Å². The number of aromatic nitrogens is 2. The van der Waals surface area contributed by atoms with Crippen LogP contribution in [0.2, 0.25) is 5.02 Å². The number of alkyl halides is 7. The van der Waals surface area contributed by atoms with E-state index < -0.39 is 46.4 Å². The molecule has 0 radical (unpaired) electrons. The van der Waals surface area contributed by atoms with Gasteiger partial charge < -0.3 is 14.4 Å². The van der Waals surface area contributed by atoms with Crippen molar-refractivity contribution in [3.05, 3.63) is 51.1 Å². The first kappa shape index (κ1) is 27.0. The number of rotatable bonds is 5. The maximum absolute atomic E-state index is 14.9. The van der Waals surface area contributed by atoms with Crippen LogP contribution in [0.4, 0.5) is 30.7 Å². The molecule has 15 heteroatoms. The van der Waals surface area contributed by atoms with E-state index in [1.807, 2.05) is 6.07 Å². The Hall–Kier alpha value is -3.05. The zero-order chi connectivity index (χ0) is 27.6. The third-order valence-electron chi connectivity index (χ3n) is 5.89. The maximum atomic E-state index is 14.9. The fraction of sp³-hybridized carbons (Fsp3) is 0.318. The molecule has 1 N–H and O–H groups in total. The lowest BCUT2D eigenvalue weighted by Gasteiger charge is -2.30. The predicted octanol–water partition coefficient (Wildman–Crippen LogP) is 6.84. The third kappa shape index (κ3) is 4.48.